The molecule has 43 heavy (non-hydrogen) atoms. The number of aromatic nitrogens is 2. The van der Waals surface area contributed by atoms with Gasteiger partial charge in [-0.1, -0.05) is 12.1 Å². The highest BCUT2D eigenvalue weighted by Gasteiger charge is 2.44. The van der Waals surface area contributed by atoms with Crippen LogP contribution in [0.3, 0.4) is 0 Å². The van der Waals surface area contributed by atoms with Crippen molar-refractivity contribution in [2.75, 3.05) is 36.4 Å². The lowest BCUT2D eigenvalue weighted by atomic mass is 9.86. The summed E-state index contributed by atoms with van der Waals surface area (Å²) in [5, 5.41) is 2.96. The Balaban J connectivity index is 1.17. The van der Waals surface area contributed by atoms with Crippen molar-refractivity contribution in [3.63, 3.8) is 0 Å². The van der Waals surface area contributed by atoms with Crippen LogP contribution in [0.2, 0.25) is 0 Å². The minimum atomic E-state index is -0.496. The van der Waals surface area contributed by atoms with Gasteiger partial charge in [-0.05, 0) is 82.5 Å². The van der Waals surface area contributed by atoms with Gasteiger partial charge in [0.2, 0.25) is 5.91 Å². The van der Waals surface area contributed by atoms with E-state index in [2.05, 4.69) is 43.3 Å². The Morgan fingerprint density at radius 2 is 1.86 bits per heavy atom. The molecule has 0 saturated carbocycles. The Bertz CT molecular complexity index is 1540. The summed E-state index contributed by atoms with van der Waals surface area (Å²) in [6.45, 7) is 12.3. The monoisotopic (exact) mass is 586 g/mol. The fraction of sp³-hybridized carbons (Fsp3) is 0.455. The fourth-order valence-corrected chi connectivity index (χ4v) is 6.93. The van der Waals surface area contributed by atoms with E-state index >= 15 is 0 Å². The molecule has 9 nitrogen and oxygen atoms in total. The van der Waals surface area contributed by atoms with Crippen LogP contribution in [0.5, 0.6) is 11.5 Å². The number of carbonyl (C=O) groups is 2. The van der Waals surface area contributed by atoms with Crippen molar-refractivity contribution in [3.05, 3.63) is 71.4 Å². The standard InChI is InChI=1S/C33H39FN6O3/c1-21(2)40(22(3)4)32(42)26-15-25(34)7-8-28(26)43-29-16-35-20-36-31(29)39-12-10-33(19-39)9-11-38(18-33)17-23-5-6-24-14-30(41)37-27(24)13-23/h5-8,13,15-16,20-22H,9-12,14,17-19H2,1-4H3,(H,37,41). The van der Waals surface area contributed by atoms with Gasteiger partial charge in [-0.2, -0.15) is 0 Å². The first kappa shape index (κ1) is 29.0. The predicted octanol–water partition coefficient (Wildman–Crippen LogP) is 5.26. The number of likely N-dealkylation sites (tertiary alicyclic amines) is 1. The summed E-state index contributed by atoms with van der Waals surface area (Å²) in [4.78, 5) is 40.6. The van der Waals surface area contributed by atoms with Crippen molar-refractivity contribution in [3.8, 4) is 11.5 Å². The number of halogens is 1. The number of nitrogens with one attached hydrogen (secondary N) is 1. The van der Waals surface area contributed by atoms with Crippen LogP contribution in [-0.4, -0.2) is 69.8 Å². The van der Waals surface area contributed by atoms with Crippen molar-refractivity contribution in [2.45, 2.75) is 65.6 Å². The molecular formula is C33H39FN6O3. The van der Waals surface area contributed by atoms with Crippen LogP contribution in [0, 0.1) is 11.2 Å². The Labute approximate surface area is 252 Å². The predicted molar refractivity (Wildman–Crippen MR) is 163 cm³/mol. The maximum absolute atomic E-state index is 14.4. The molecule has 1 atom stereocenters. The second kappa shape index (κ2) is 11.6. The highest BCUT2D eigenvalue weighted by molar-refractivity contribution is 5.99. The molecule has 226 valence electrons. The lowest BCUT2D eigenvalue weighted by Gasteiger charge is -2.31. The quantitative estimate of drug-likeness (QED) is 0.385. The van der Waals surface area contributed by atoms with Gasteiger partial charge in [0.1, 0.15) is 17.9 Å². The molecule has 3 aromatic rings. The largest absolute Gasteiger partial charge is 0.451 e. The van der Waals surface area contributed by atoms with Crippen LogP contribution in [0.4, 0.5) is 15.9 Å². The smallest absolute Gasteiger partial charge is 0.258 e. The third-order valence-corrected chi connectivity index (χ3v) is 8.86. The average Bonchev–Trinajstić information content (AvgIpc) is 3.67. The Morgan fingerprint density at radius 1 is 1.07 bits per heavy atom. The number of fused-ring (bicyclic) bond motifs is 1. The van der Waals surface area contributed by atoms with E-state index in [1.165, 1.54) is 30.1 Å². The first-order valence-corrected chi connectivity index (χ1v) is 15.1. The first-order valence-electron chi connectivity index (χ1n) is 15.1. The molecule has 1 unspecified atom stereocenters. The number of hydrogen-bond donors (Lipinski definition) is 1. The van der Waals surface area contributed by atoms with Gasteiger partial charge in [-0.25, -0.2) is 14.4 Å². The van der Waals surface area contributed by atoms with Crippen LogP contribution in [0.1, 0.15) is 62.0 Å². The van der Waals surface area contributed by atoms with E-state index in [1.807, 2.05) is 27.7 Å². The topological polar surface area (TPSA) is 90.9 Å². The number of benzene rings is 2. The van der Waals surface area contributed by atoms with E-state index in [4.69, 9.17) is 4.74 Å². The van der Waals surface area contributed by atoms with Crippen molar-refractivity contribution in [1.29, 1.82) is 0 Å². The molecule has 1 aromatic heterocycles. The van der Waals surface area contributed by atoms with Crippen molar-refractivity contribution in [1.82, 2.24) is 19.8 Å². The molecule has 2 saturated heterocycles. The molecular weight excluding hydrogens is 547 g/mol. The number of hydrogen-bond acceptors (Lipinski definition) is 7. The normalized spacial score (nSPS) is 19.9. The molecule has 2 amide bonds. The van der Waals surface area contributed by atoms with Gasteiger partial charge in [0, 0.05) is 49.4 Å². The summed E-state index contributed by atoms with van der Waals surface area (Å²) in [6, 6.07) is 10.2. The van der Waals surface area contributed by atoms with Crippen molar-refractivity contribution >= 4 is 23.3 Å². The fourth-order valence-electron chi connectivity index (χ4n) is 6.93. The van der Waals surface area contributed by atoms with Crippen LogP contribution < -0.4 is 15.0 Å². The third-order valence-electron chi connectivity index (χ3n) is 8.86. The number of ether oxygens (including phenoxy) is 1. The molecule has 3 aliphatic rings. The summed E-state index contributed by atoms with van der Waals surface area (Å²) in [6.07, 6.45) is 5.70. The molecule has 10 heteroatoms. The minimum absolute atomic E-state index is 0.0572. The number of anilines is 2. The average molecular weight is 587 g/mol. The van der Waals surface area contributed by atoms with E-state index in [-0.39, 0.29) is 40.6 Å². The van der Waals surface area contributed by atoms with Crippen molar-refractivity contribution < 1.29 is 18.7 Å². The molecule has 1 spiro atoms. The number of rotatable bonds is 8. The molecule has 3 aliphatic heterocycles. The highest BCUT2D eigenvalue weighted by Crippen LogP contribution is 2.43. The molecule has 2 aromatic carbocycles. The van der Waals surface area contributed by atoms with Crippen LogP contribution in [0.15, 0.2) is 48.9 Å². The summed E-state index contributed by atoms with van der Waals surface area (Å²) >= 11 is 0. The number of nitrogens with zero attached hydrogens (tertiary/aromatic N) is 5. The zero-order valence-electron chi connectivity index (χ0n) is 25.3. The Hall–Kier alpha value is -4.05. The molecule has 0 aliphatic carbocycles. The highest BCUT2D eigenvalue weighted by atomic mass is 19.1. The second-order valence-corrected chi connectivity index (χ2v) is 12.7. The van der Waals surface area contributed by atoms with E-state index in [1.54, 1.807) is 11.1 Å². The van der Waals surface area contributed by atoms with Gasteiger partial charge in [0.15, 0.2) is 11.6 Å². The van der Waals surface area contributed by atoms with Gasteiger partial charge in [-0.3, -0.25) is 14.5 Å². The van der Waals surface area contributed by atoms with Crippen LogP contribution in [0.25, 0.3) is 0 Å². The van der Waals surface area contributed by atoms with Crippen molar-refractivity contribution in [2.24, 2.45) is 5.41 Å². The van der Waals surface area contributed by atoms with E-state index < -0.39 is 5.82 Å². The number of carbonyl (C=O) groups excluding carboxylic acids is 2. The lowest BCUT2D eigenvalue weighted by Crippen LogP contribution is -2.42. The maximum Gasteiger partial charge on any atom is 0.258 e. The van der Waals surface area contributed by atoms with Gasteiger partial charge >= 0.3 is 0 Å². The third kappa shape index (κ3) is 5.93. The SMILES string of the molecule is CC(C)N(C(=O)c1cc(F)ccc1Oc1cncnc1N1CCC2(CCN(Cc3ccc4c(c3)NC(=O)C4)C2)C1)C(C)C. The Kier molecular flexibility index (Phi) is 7.81. The molecule has 2 fully saturated rings. The zero-order chi connectivity index (χ0) is 30.3. The molecule has 1 N–H and O–H groups in total. The van der Waals surface area contributed by atoms with Gasteiger partial charge in [0.05, 0.1) is 18.2 Å². The molecule has 0 radical (unpaired) electrons. The van der Waals surface area contributed by atoms with E-state index in [0.717, 1.165) is 56.8 Å². The van der Waals surface area contributed by atoms with Gasteiger partial charge in [-0.15, -0.1) is 0 Å². The lowest BCUT2D eigenvalue weighted by molar-refractivity contribution is -0.115. The molecule has 4 heterocycles. The Morgan fingerprint density at radius 3 is 2.65 bits per heavy atom. The van der Waals surface area contributed by atoms with Gasteiger partial charge < -0.3 is 19.9 Å². The van der Waals surface area contributed by atoms with E-state index in [0.29, 0.717) is 18.0 Å². The summed E-state index contributed by atoms with van der Waals surface area (Å²) in [7, 11) is 0. The second-order valence-electron chi connectivity index (χ2n) is 12.7. The van der Waals surface area contributed by atoms with Gasteiger partial charge in [0.25, 0.3) is 5.91 Å². The summed E-state index contributed by atoms with van der Waals surface area (Å²) in [5.41, 5.74) is 3.52. The first-order chi connectivity index (χ1) is 20.6. The van der Waals surface area contributed by atoms with Crippen LogP contribution >= 0.6 is 0 Å². The number of amides is 2. The molecule has 6 rings (SSSR count). The summed E-state index contributed by atoms with van der Waals surface area (Å²) < 4.78 is 20.7. The van der Waals surface area contributed by atoms with Crippen LogP contribution in [-0.2, 0) is 17.8 Å². The van der Waals surface area contributed by atoms with E-state index in [9.17, 15) is 14.0 Å². The zero-order valence-corrected chi connectivity index (χ0v) is 25.3. The summed E-state index contributed by atoms with van der Waals surface area (Å²) in [5.74, 6) is 0.671. The maximum atomic E-state index is 14.4. The molecule has 0 bridgehead atoms. The minimum Gasteiger partial charge on any atom is -0.451 e.